The van der Waals surface area contributed by atoms with Crippen molar-refractivity contribution in [2.45, 2.75) is 32.6 Å². The number of carbonyl (C=O) groups excluding carboxylic acids is 4. The third-order valence-electron chi connectivity index (χ3n) is 12.1. The number of hydrogen-bond acceptors (Lipinski definition) is 8. The Morgan fingerprint density at radius 3 is 2.51 bits per heavy atom. The first-order valence-electron chi connectivity index (χ1n) is 17.7. The number of anilines is 2. The molecule has 3 aromatic carbocycles. The van der Waals surface area contributed by atoms with Crippen LogP contribution in [0.25, 0.3) is 20.7 Å². The van der Waals surface area contributed by atoms with E-state index in [9.17, 15) is 34.2 Å². The van der Waals surface area contributed by atoms with Crippen molar-refractivity contribution < 1.29 is 38.6 Å². The molecule has 2 N–H and O–H groups in total. The molecule has 1 saturated carbocycles. The average Bonchev–Trinajstić information content (AvgIpc) is 3.83. The smallest absolute Gasteiger partial charge is 0.335 e. The van der Waals surface area contributed by atoms with E-state index in [0.29, 0.717) is 21.9 Å². The Labute approximate surface area is 322 Å². The number of aromatic hydroxyl groups is 1. The molecule has 0 bridgehead atoms. The molecule has 2 aliphatic heterocycles. The number of thiophene rings is 1. The lowest BCUT2D eigenvalue weighted by Gasteiger charge is -2.49. The normalized spacial score (nSPS) is 26.1. The van der Waals surface area contributed by atoms with Crippen molar-refractivity contribution >= 4 is 74.1 Å². The number of fused-ring (bicyclic) bond motifs is 5. The molecule has 4 amide bonds. The number of aromatic nitrogens is 2. The number of carbonyl (C=O) groups is 5. The van der Waals surface area contributed by atoms with Crippen LogP contribution in [0.15, 0.2) is 78.4 Å². The third-order valence-corrected chi connectivity index (χ3v) is 13.7. The van der Waals surface area contributed by atoms with E-state index < -0.39 is 76.2 Å². The second-order valence-corrected chi connectivity index (χ2v) is 16.4. The van der Waals surface area contributed by atoms with E-state index in [2.05, 4.69) is 0 Å². The summed E-state index contributed by atoms with van der Waals surface area (Å²) in [5.74, 6) is -8.76. The molecular formula is C41H32ClFN4O7S. The second-order valence-electron chi connectivity index (χ2n) is 14.9. The van der Waals surface area contributed by atoms with Crippen LogP contribution in [0.1, 0.15) is 47.2 Å². The van der Waals surface area contributed by atoms with Gasteiger partial charge >= 0.3 is 5.97 Å². The fourth-order valence-electron chi connectivity index (χ4n) is 9.56. The van der Waals surface area contributed by atoms with Gasteiger partial charge in [0.2, 0.25) is 23.6 Å². The Morgan fingerprint density at radius 2 is 1.76 bits per heavy atom. The van der Waals surface area contributed by atoms with Crippen LogP contribution in [0.2, 0.25) is 5.02 Å². The maximum absolute atomic E-state index is 15.2. The molecule has 0 spiro atoms. The number of hydrogen-bond donors (Lipinski definition) is 2. The molecule has 14 heteroatoms. The summed E-state index contributed by atoms with van der Waals surface area (Å²) in [5, 5.41) is 26.0. The SMILES string of the molecule is Cc1c(-c2cc(N3C(=O)C4CC5C(=CCC6C(=O)N(c7cccc(C(=O)O)c7)C(=O)C65)C(c5ccc(O)c(F)c5)C4(C)C3=O)n(C)n2)sc2ccc(Cl)cc12. The van der Waals surface area contributed by atoms with Gasteiger partial charge in [-0.1, -0.05) is 35.4 Å². The Balaban J connectivity index is 1.15. The van der Waals surface area contributed by atoms with Crippen LogP contribution in [-0.4, -0.2) is 49.6 Å². The van der Waals surface area contributed by atoms with Crippen LogP contribution in [0, 0.1) is 41.8 Å². The lowest BCUT2D eigenvalue weighted by Crippen LogP contribution is -2.49. The van der Waals surface area contributed by atoms with Crippen LogP contribution in [0.3, 0.4) is 0 Å². The number of halogens is 2. The van der Waals surface area contributed by atoms with Crippen LogP contribution in [0.4, 0.5) is 15.9 Å². The highest BCUT2D eigenvalue weighted by molar-refractivity contribution is 7.22. The summed E-state index contributed by atoms with van der Waals surface area (Å²) in [6.07, 6.45) is 2.04. The lowest BCUT2D eigenvalue weighted by molar-refractivity contribution is -0.131. The molecule has 11 nitrogen and oxygen atoms in total. The minimum absolute atomic E-state index is 0.0601. The number of carboxylic acid groups (broad SMARTS) is 1. The molecular weight excluding hydrogens is 747 g/mol. The van der Waals surface area contributed by atoms with E-state index in [1.54, 1.807) is 20.0 Å². The predicted molar refractivity (Wildman–Crippen MR) is 202 cm³/mol. The monoisotopic (exact) mass is 778 g/mol. The summed E-state index contributed by atoms with van der Waals surface area (Å²) < 4.78 is 17.6. The fourth-order valence-corrected chi connectivity index (χ4v) is 10.9. The minimum atomic E-state index is -1.45. The van der Waals surface area contributed by atoms with E-state index in [0.717, 1.165) is 36.4 Å². The molecule has 278 valence electrons. The quantitative estimate of drug-likeness (QED) is 0.140. The van der Waals surface area contributed by atoms with E-state index in [4.69, 9.17) is 16.7 Å². The van der Waals surface area contributed by atoms with Gasteiger partial charge in [-0.25, -0.2) is 14.1 Å². The molecule has 3 fully saturated rings. The first kappa shape index (κ1) is 35.1. The van der Waals surface area contributed by atoms with Crippen LogP contribution >= 0.6 is 22.9 Å². The standard InChI is InChI=1S/C41H32ClFN4O7S/c1-18-25-15-21(42)8-12-31(25)55-35(18)29-17-32(45(3)44-29)47-37(50)27-16-26-23(34(41(27,2)40(47)54)19-7-11-30(48)28(43)14-19)9-10-24-33(26)38(51)46(36(24)49)22-6-4-5-20(13-22)39(52)53/h4-9,11-15,17,24,26-27,33-34,48H,10,16H2,1-3H3,(H,52,53). The summed E-state index contributed by atoms with van der Waals surface area (Å²) >= 11 is 7.80. The number of aryl methyl sites for hydroxylation is 2. The molecule has 2 aliphatic carbocycles. The number of nitrogens with zero attached hydrogens (tertiary/aromatic N) is 4. The van der Waals surface area contributed by atoms with Crippen LogP contribution in [0.5, 0.6) is 5.75 Å². The van der Waals surface area contributed by atoms with E-state index in [1.165, 1.54) is 52.4 Å². The van der Waals surface area contributed by atoms with Crippen molar-refractivity contribution in [1.82, 2.24) is 9.78 Å². The second kappa shape index (κ2) is 12.2. The molecule has 55 heavy (non-hydrogen) atoms. The number of benzene rings is 3. The summed E-state index contributed by atoms with van der Waals surface area (Å²) in [6.45, 7) is 3.66. The van der Waals surface area contributed by atoms with Gasteiger partial charge in [0, 0.05) is 28.8 Å². The van der Waals surface area contributed by atoms with E-state index in [1.807, 2.05) is 31.2 Å². The number of amides is 4. The lowest BCUT2D eigenvalue weighted by atomic mass is 9.51. The van der Waals surface area contributed by atoms with Crippen molar-refractivity contribution in [3.8, 4) is 16.3 Å². The van der Waals surface area contributed by atoms with Gasteiger partial charge in [0.15, 0.2) is 11.6 Å². The summed E-state index contributed by atoms with van der Waals surface area (Å²) in [4.78, 5) is 72.9. The number of allylic oxidation sites excluding steroid dienone is 2. The zero-order valence-electron chi connectivity index (χ0n) is 29.6. The highest BCUT2D eigenvalue weighted by Gasteiger charge is 2.68. The summed E-state index contributed by atoms with van der Waals surface area (Å²) in [5.41, 5.74) is 1.08. The highest BCUT2D eigenvalue weighted by Crippen LogP contribution is 2.64. The van der Waals surface area contributed by atoms with Crippen molar-refractivity contribution in [3.05, 3.63) is 106 Å². The maximum Gasteiger partial charge on any atom is 0.335 e. The molecule has 9 rings (SSSR count). The molecule has 2 aromatic heterocycles. The summed E-state index contributed by atoms with van der Waals surface area (Å²) in [7, 11) is 1.65. The number of phenolic OH excluding ortho intramolecular Hbond substituents is 1. The van der Waals surface area contributed by atoms with Crippen molar-refractivity contribution in [3.63, 3.8) is 0 Å². The highest BCUT2D eigenvalue weighted by atomic mass is 35.5. The molecule has 6 unspecified atom stereocenters. The van der Waals surface area contributed by atoms with Gasteiger partial charge in [-0.05, 0) is 97.7 Å². The molecule has 0 radical (unpaired) electrons. The first-order valence-corrected chi connectivity index (χ1v) is 18.9. The summed E-state index contributed by atoms with van der Waals surface area (Å²) in [6, 6.07) is 16.8. The zero-order valence-corrected chi connectivity index (χ0v) is 31.2. The maximum atomic E-state index is 15.2. The zero-order chi connectivity index (χ0) is 38.8. The van der Waals surface area contributed by atoms with Gasteiger partial charge in [0.25, 0.3) is 0 Å². The van der Waals surface area contributed by atoms with Crippen LogP contribution < -0.4 is 9.80 Å². The number of phenols is 1. The van der Waals surface area contributed by atoms with E-state index >= 15 is 4.39 Å². The van der Waals surface area contributed by atoms with Gasteiger partial charge in [-0.3, -0.25) is 28.8 Å². The van der Waals surface area contributed by atoms with Crippen molar-refractivity contribution in [2.75, 3.05) is 9.80 Å². The van der Waals surface area contributed by atoms with Gasteiger partial charge in [-0.15, -0.1) is 11.3 Å². The van der Waals surface area contributed by atoms with E-state index in [-0.39, 0.29) is 29.9 Å². The van der Waals surface area contributed by atoms with Crippen LogP contribution in [-0.2, 0) is 26.2 Å². The number of imide groups is 2. The van der Waals surface area contributed by atoms with Crippen molar-refractivity contribution in [2.24, 2.45) is 36.1 Å². The number of aromatic carboxylic acids is 1. The largest absolute Gasteiger partial charge is 0.505 e. The topological polar surface area (TPSA) is 150 Å². The molecule has 4 aliphatic rings. The number of carboxylic acids is 1. The Kier molecular flexibility index (Phi) is 7.76. The molecule has 6 atom stereocenters. The van der Waals surface area contributed by atoms with Gasteiger partial charge in [0.05, 0.1) is 39.3 Å². The Hall–Kier alpha value is -5.66. The average molecular weight is 779 g/mol. The van der Waals surface area contributed by atoms with Gasteiger partial charge < -0.3 is 10.2 Å². The molecule has 2 saturated heterocycles. The van der Waals surface area contributed by atoms with Gasteiger partial charge in [0.1, 0.15) is 11.5 Å². The molecule has 5 aromatic rings. The minimum Gasteiger partial charge on any atom is -0.505 e. The Bertz CT molecular complexity index is 2620. The number of rotatable bonds is 5. The predicted octanol–water partition coefficient (Wildman–Crippen LogP) is 7.24. The van der Waals surface area contributed by atoms with Gasteiger partial charge in [-0.2, -0.15) is 5.10 Å². The van der Waals surface area contributed by atoms with Crippen molar-refractivity contribution in [1.29, 1.82) is 0 Å². The molecule has 4 heterocycles. The fraction of sp³-hybridized carbons (Fsp3) is 0.268. The first-order chi connectivity index (χ1) is 26.2. The Morgan fingerprint density at radius 1 is 0.982 bits per heavy atom. The third kappa shape index (κ3) is 4.91.